The van der Waals surface area contributed by atoms with Crippen LogP contribution in [0.2, 0.25) is 0 Å². The van der Waals surface area contributed by atoms with E-state index in [4.69, 9.17) is 15.3 Å². The lowest BCUT2D eigenvalue weighted by Gasteiger charge is -2.32. The average molecular weight is 164 g/mol. The van der Waals surface area contributed by atoms with Crippen molar-refractivity contribution in [3.05, 3.63) is 0 Å². The normalized spacial score (nSPS) is 15.0. The third-order valence-corrected chi connectivity index (χ3v) is 2.21. The van der Waals surface area contributed by atoms with E-state index in [0.29, 0.717) is 6.42 Å². The van der Waals surface area contributed by atoms with Crippen molar-refractivity contribution in [1.29, 1.82) is 0 Å². The van der Waals surface area contributed by atoms with E-state index < -0.39 is 18.1 Å². The predicted molar refractivity (Wildman–Crippen MR) is 40.0 cm³/mol. The quantitative estimate of drug-likeness (QED) is 0.408. The molecule has 0 bridgehead atoms. The van der Waals surface area contributed by atoms with Gasteiger partial charge in [-0.1, -0.05) is 6.92 Å². The van der Waals surface area contributed by atoms with Crippen molar-refractivity contribution in [2.75, 3.05) is 19.8 Å². The second-order valence-corrected chi connectivity index (χ2v) is 2.73. The maximum absolute atomic E-state index is 9.20. The molecule has 0 aromatic carbocycles. The highest BCUT2D eigenvalue weighted by molar-refractivity contribution is 4.83. The Bertz CT molecular complexity index is 92.3. The number of hydrogen-bond donors (Lipinski definition) is 4. The van der Waals surface area contributed by atoms with Gasteiger partial charge in [-0.2, -0.15) is 0 Å². The molecule has 0 fully saturated rings. The van der Waals surface area contributed by atoms with Gasteiger partial charge in [0.1, 0.15) is 0 Å². The summed E-state index contributed by atoms with van der Waals surface area (Å²) in [6, 6.07) is 0. The minimum Gasteiger partial charge on any atom is -0.396 e. The van der Waals surface area contributed by atoms with Gasteiger partial charge < -0.3 is 20.4 Å². The van der Waals surface area contributed by atoms with E-state index >= 15 is 0 Å². The van der Waals surface area contributed by atoms with Crippen LogP contribution in [-0.2, 0) is 0 Å². The number of aliphatic hydroxyl groups excluding tert-OH is 4. The Kier molecular flexibility index (Phi) is 4.60. The van der Waals surface area contributed by atoms with Crippen molar-refractivity contribution >= 4 is 0 Å². The van der Waals surface area contributed by atoms with Gasteiger partial charge in [0, 0.05) is 5.41 Å². The Morgan fingerprint density at radius 1 is 1.18 bits per heavy atom. The Morgan fingerprint density at radius 2 is 1.64 bits per heavy atom. The lowest BCUT2D eigenvalue weighted by atomic mass is 9.81. The maximum Gasteiger partial charge on any atom is 0.0870 e. The fraction of sp³-hybridized carbons (Fsp3) is 1.00. The van der Waals surface area contributed by atoms with Crippen LogP contribution in [0.15, 0.2) is 0 Å². The summed E-state index contributed by atoms with van der Waals surface area (Å²) in [7, 11) is 0. The van der Waals surface area contributed by atoms with E-state index in [0.717, 1.165) is 0 Å². The summed E-state index contributed by atoms with van der Waals surface area (Å²) in [5.41, 5.74) is -0.950. The van der Waals surface area contributed by atoms with Crippen LogP contribution in [0, 0.1) is 5.41 Å². The van der Waals surface area contributed by atoms with Crippen LogP contribution >= 0.6 is 0 Å². The molecule has 0 heterocycles. The van der Waals surface area contributed by atoms with Gasteiger partial charge in [0.05, 0.1) is 25.9 Å². The molecule has 0 radical (unpaired) electrons. The first-order valence-electron chi connectivity index (χ1n) is 3.67. The van der Waals surface area contributed by atoms with Gasteiger partial charge in [0.25, 0.3) is 0 Å². The van der Waals surface area contributed by atoms with Crippen LogP contribution in [0.5, 0.6) is 0 Å². The summed E-state index contributed by atoms with van der Waals surface area (Å²) in [4.78, 5) is 0. The van der Waals surface area contributed by atoms with Crippen LogP contribution in [0.1, 0.15) is 13.3 Å². The van der Waals surface area contributed by atoms with Crippen LogP contribution in [0.3, 0.4) is 0 Å². The first kappa shape index (κ1) is 10.8. The molecule has 11 heavy (non-hydrogen) atoms. The van der Waals surface area contributed by atoms with Crippen molar-refractivity contribution in [2.45, 2.75) is 19.4 Å². The summed E-state index contributed by atoms with van der Waals surface area (Å²) in [5, 5.41) is 35.5. The van der Waals surface area contributed by atoms with Gasteiger partial charge in [-0.15, -0.1) is 0 Å². The molecule has 4 N–H and O–H groups in total. The first-order valence-corrected chi connectivity index (χ1v) is 3.67. The fourth-order valence-corrected chi connectivity index (χ4v) is 0.914. The number of aliphatic hydroxyl groups is 4. The maximum atomic E-state index is 9.20. The Labute approximate surface area is 66.1 Å². The van der Waals surface area contributed by atoms with E-state index in [1.165, 1.54) is 0 Å². The standard InChI is InChI=1S/C7H16O4/c1-2-7(4-9,5-10)6(11)3-8/h6,8-11H,2-5H2,1H3. The molecule has 1 unspecified atom stereocenters. The Balaban J connectivity index is 4.26. The first-order chi connectivity index (χ1) is 5.16. The zero-order valence-electron chi connectivity index (χ0n) is 6.69. The van der Waals surface area contributed by atoms with Crippen molar-refractivity contribution in [2.24, 2.45) is 5.41 Å². The summed E-state index contributed by atoms with van der Waals surface area (Å²) < 4.78 is 0. The lowest BCUT2D eigenvalue weighted by Crippen LogP contribution is -2.43. The second kappa shape index (κ2) is 4.66. The molecule has 0 aliphatic carbocycles. The fourth-order valence-electron chi connectivity index (χ4n) is 0.914. The molecule has 1 atom stereocenters. The lowest BCUT2D eigenvalue weighted by molar-refractivity contribution is -0.0768. The molecule has 0 aromatic rings. The summed E-state index contributed by atoms with van der Waals surface area (Å²) in [5.74, 6) is 0. The minimum absolute atomic E-state index is 0.318. The van der Waals surface area contributed by atoms with E-state index in [2.05, 4.69) is 0 Å². The largest absolute Gasteiger partial charge is 0.396 e. The third-order valence-electron chi connectivity index (χ3n) is 2.21. The van der Waals surface area contributed by atoms with Crippen molar-refractivity contribution in [3.8, 4) is 0 Å². The molecule has 4 nitrogen and oxygen atoms in total. The predicted octanol–water partition coefficient (Wildman–Crippen LogP) is -1.28. The second-order valence-electron chi connectivity index (χ2n) is 2.73. The molecule has 0 saturated heterocycles. The Morgan fingerprint density at radius 3 is 1.73 bits per heavy atom. The van der Waals surface area contributed by atoms with Gasteiger partial charge >= 0.3 is 0 Å². The van der Waals surface area contributed by atoms with Crippen LogP contribution in [-0.4, -0.2) is 46.4 Å². The van der Waals surface area contributed by atoms with Gasteiger partial charge in [0.2, 0.25) is 0 Å². The highest BCUT2D eigenvalue weighted by atomic mass is 16.3. The molecular formula is C7H16O4. The van der Waals surface area contributed by atoms with E-state index in [-0.39, 0.29) is 13.2 Å². The summed E-state index contributed by atoms with van der Waals surface area (Å²) in [6.07, 6.45) is -0.621. The average Bonchev–Trinajstić information content (AvgIpc) is 2.08. The van der Waals surface area contributed by atoms with Crippen LogP contribution < -0.4 is 0 Å². The topological polar surface area (TPSA) is 80.9 Å². The number of hydrogen-bond acceptors (Lipinski definition) is 4. The molecule has 0 amide bonds. The Hall–Kier alpha value is -0.160. The van der Waals surface area contributed by atoms with E-state index in [9.17, 15) is 5.11 Å². The molecule has 0 rings (SSSR count). The summed E-state index contributed by atoms with van der Waals surface area (Å²) in [6.45, 7) is 0.670. The highest BCUT2D eigenvalue weighted by Gasteiger charge is 2.34. The molecule has 4 heteroatoms. The van der Waals surface area contributed by atoms with Crippen LogP contribution in [0.25, 0.3) is 0 Å². The van der Waals surface area contributed by atoms with Gasteiger partial charge in [0.15, 0.2) is 0 Å². The zero-order chi connectivity index (χ0) is 8.91. The van der Waals surface area contributed by atoms with Gasteiger partial charge in [-0.25, -0.2) is 0 Å². The highest BCUT2D eigenvalue weighted by Crippen LogP contribution is 2.24. The van der Waals surface area contributed by atoms with Crippen molar-refractivity contribution in [1.82, 2.24) is 0 Å². The monoisotopic (exact) mass is 164 g/mol. The minimum atomic E-state index is -1.05. The molecule has 0 aromatic heterocycles. The molecular weight excluding hydrogens is 148 g/mol. The SMILES string of the molecule is CCC(CO)(CO)C(O)CO. The molecule has 0 saturated carbocycles. The van der Waals surface area contributed by atoms with E-state index in [1.54, 1.807) is 6.92 Å². The molecule has 68 valence electrons. The van der Waals surface area contributed by atoms with Crippen molar-refractivity contribution in [3.63, 3.8) is 0 Å². The molecule has 0 spiro atoms. The van der Waals surface area contributed by atoms with Gasteiger partial charge in [-0.05, 0) is 6.42 Å². The van der Waals surface area contributed by atoms with Crippen molar-refractivity contribution < 1.29 is 20.4 Å². The van der Waals surface area contributed by atoms with Crippen LogP contribution in [0.4, 0.5) is 0 Å². The third kappa shape index (κ3) is 2.13. The number of rotatable bonds is 5. The summed E-state index contributed by atoms with van der Waals surface area (Å²) >= 11 is 0. The van der Waals surface area contributed by atoms with E-state index in [1.807, 2.05) is 0 Å². The zero-order valence-corrected chi connectivity index (χ0v) is 6.69. The smallest absolute Gasteiger partial charge is 0.0870 e. The van der Waals surface area contributed by atoms with Gasteiger partial charge in [-0.3, -0.25) is 0 Å². The molecule has 0 aliphatic rings. The molecule has 0 aliphatic heterocycles.